The van der Waals surface area contributed by atoms with Gasteiger partial charge in [0.05, 0.1) is 11.6 Å². The largest absolute Gasteiger partial charge is 0.490 e. The summed E-state index contributed by atoms with van der Waals surface area (Å²) in [6.45, 7) is 5.27. The summed E-state index contributed by atoms with van der Waals surface area (Å²) >= 11 is 6.05. The molecule has 0 radical (unpaired) electrons. The van der Waals surface area contributed by atoms with Crippen LogP contribution in [0.4, 0.5) is 4.79 Å². The molecule has 0 saturated carbocycles. The zero-order chi connectivity index (χ0) is 16.7. The summed E-state index contributed by atoms with van der Waals surface area (Å²) in [5, 5.41) is 6.15. The van der Waals surface area contributed by atoms with Gasteiger partial charge in [-0.25, -0.2) is 4.79 Å². The maximum Gasteiger partial charge on any atom is 0.315 e. The Morgan fingerprint density at radius 3 is 2.70 bits per heavy atom. The van der Waals surface area contributed by atoms with E-state index in [0.717, 1.165) is 16.7 Å². The van der Waals surface area contributed by atoms with Crippen LogP contribution in [0.25, 0.3) is 0 Å². The van der Waals surface area contributed by atoms with E-state index in [1.165, 1.54) is 0 Å². The van der Waals surface area contributed by atoms with Crippen LogP contribution in [-0.2, 0) is 6.54 Å². The number of carbonyl (C=O) groups excluding carboxylic acids is 1. The molecule has 122 valence electrons. The highest BCUT2D eigenvalue weighted by molar-refractivity contribution is 6.32. The van der Waals surface area contributed by atoms with Gasteiger partial charge in [-0.05, 0) is 42.7 Å². The highest BCUT2D eigenvalue weighted by Crippen LogP contribution is 2.24. The minimum atomic E-state index is -0.216. The van der Waals surface area contributed by atoms with E-state index in [4.69, 9.17) is 16.3 Å². The molecule has 0 aliphatic heterocycles. The monoisotopic (exact) mass is 332 g/mol. The summed E-state index contributed by atoms with van der Waals surface area (Å²) in [5.74, 6) is 0.633. The van der Waals surface area contributed by atoms with Crippen molar-refractivity contribution in [1.29, 1.82) is 0 Å². The second-order valence-electron chi connectivity index (χ2n) is 5.32. The fraction of sp³-hybridized carbons (Fsp3) is 0.278. The molecular formula is C18H21ClN2O2. The number of benzene rings is 2. The summed E-state index contributed by atoms with van der Waals surface area (Å²) in [6, 6.07) is 13.3. The van der Waals surface area contributed by atoms with E-state index >= 15 is 0 Å². The Kier molecular flexibility index (Phi) is 6.29. The number of halogens is 1. The van der Waals surface area contributed by atoms with Crippen LogP contribution in [0, 0.1) is 13.8 Å². The average molecular weight is 333 g/mol. The van der Waals surface area contributed by atoms with Gasteiger partial charge in [0.1, 0.15) is 12.4 Å². The normalized spacial score (nSPS) is 10.2. The molecule has 0 saturated heterocycles. The molecule has 0 bridgehead atoms. The molecule has 0 aliphatic rings. The number of ether oxygens (including phenoxy) is 1. The lowest BCUT2D eigenvalue weighted by Gasteiger charge is -2.11. The molecule has 0 spiro atoms. The van der Waals surface area contributed by atoms with E-state index < -0.39 is 0 Å². The third kappa shape index (κ3) is 5.49. The number of nitrogens with one attached hydrogen (secondary N) is 2. The first-order valence-corrected chi connectivity index (χ1v) is 7.89. The highest BCUT2D eigenvalue weighted by atomic mass is 35.5. The molecule has 0 atom stereocenters. The van der Waals surface area contributed by atoms with Gasteiger partial charge in [-0.15, -0.1) is 0 Å². The quantitative estimate of drug-likeness (QED) is 0.790. The molecule has 2 N–H and O–H groups in total. The van der Waals surface area contributed by atoms with Crippen molar-refractivity contribution in [2.45, 2.75) is 20.4 Å². The minimum Gasteiger partial charge on any atom is -0.490 e. The van der Waals surface area contributed by atoms with Crippen molar-refractivity contribution in [3.05, 3.63) is 64.2 Å². The molecule has 23 heavy (non-hydrogen) atoms. The summed E-state index contributed by atoms with van der Waals surface area (Å²) in [7, 11) is 0. The fourth-order valence-corrected chi connectivity index (χ4v) is 2.27. The van der Waals surface area contributed by atoms with Crippen LogP contribution in [0.3, 0.4) is 0 Å². The molecule has 2 aromatic rings. The Balaban J connectivity index is 1.69. The van der Waals surface area contributed by atoms with Crippen molar-refractivity contribution in [3.8, 4) is 5.75 Å². The summed E-state index contributed by atoms with van der Waals surface area (Å²) in [5.41, 5.74) is 3.34. The van der Waals surface area contributed by atoms with Gasteiger partial charge >= 0.3 is 6.03 Å². The Hall–Kier alpha value is -2.20. The van der Waals surface area contributed by atoms with E-state index in [2.05, 4.69) is 10.6 Å². The lowest BCUT2D eigenvalue weighted by atomic mass is 10.1. The van der Waals surface area contributed by atoms with Crippen LogP contribution in [0.2, 0.25) is 5.02 Å². The van der Waals surface area contributed by atoms with E-state index in [1.54, 1.807) is 6.07 Å². The summed E-state index contributed by atoms with van der Waals surface area (Å²) in [6.07, 6.45) is 0. The van der Waals surface area contributed by atoms with Gasteiger partial charge < -0.3 is 15.4 Å². The first-order valence-electron chi connectivity index (χ1n) is 7.51. The molecule has 2 amide bonds. The lowest BCUT2D eigenvalue weighted by molar-refractivity contribution is 0.236. The Morgan fingerprint density at radius 2 is 1.91 bits per heavy atom. The van der Waals surface area contributed by atoms with Crippen molar-refractivity contribution in [2.75, 3.05) is 13.2 Å². The van der Waals surface area contributed by atoms with Crippen molar-refractivity contribution in [2.24, 2.45) is 0 Å². The van der Waals surface area contributed by atoms with Gasteiger partial charge in [-0.3, -0.25) is 0 Å². The van der Waals surface area contributed by atoms with Crippen LogP contribution in [0.15, 0.2) is 42.5 Å². The van der Waals surface area contributed by atoms with Crippen molar-refractivity contribution < 1.29 is 9.53 Å². The smallest absolute Gasteiger partial charge is 0.315 e. The van der Waals surface area contributed by atoms with Gasteiger partial charge in [-0.2, -0.15) is 0 Å². The topological polar surface area (TPSA) is 50.4 Å². The van der Waals surface area contributed by atoms with Crippen LogP contribution in [-0.4, -0.2) is 19.2 Å². The van der Waals surface area contributed by atoms with Crippen LogP contribution < -0.4 is 15.4 Å². The molecule has 2 rings (SSSR count). The second-order valence-corrected chi connectivity index (χ2v) is 5.73. The van der Waals surface area contributed by atoms with Gasteiger partial charge in [-0.1, -0.05) is 41.9 Å². The molecule has 5 heteroatoms. The van der Waals surface area contributed by atoms with E-state index in [0.29, 0.717) is 30.5 Å². The van der Waals surface area contributed by atoms with Gasteiger partial charge in [0, 0.05) is 6.54 Å². The van der Waals surface area contributed by atoms with E-state index in [-0.39, 0.29) is 6.03 Å². The number of urea groups is 1. The maximum atomic E-state index is 11.8. The van der Waals surface area contributed by atoms with Crippen LogP contribution in [0.1, 0.15) is 16.7 Å². The van der Waals surface area contributed by atoms with Crippen molar-refractivity contribution in [1.82, 2.24) is 10.6 Å². The molecule has 0 fully saturated rings. The van der Waals surface area contributed by atoms with Crippen molar-refractivity contribution >= 4 is 17.6 Å². The zero-order valence-electron chi connectivity index (χ0n) is 13.4. The second kappa shape index (κ2) is 8.44. The minimum absolute atomic E-state index is 0.216. The average Bonchev–Trinajstić information content (AvgIpc) is 2.54. The molecular weight excluding hydrogens is 312 g/mol. The third-order valence-corrected chi connectivity index (χ3v) is 3.74. The molecule has 0 aliphatic carbocycles. The Bertz CT molecular complexity index is 674. The van der Waals surface area contributed by atoms with Gasteiger partial charge in [0.15, 0.2) is 0 Å². The SMILES string of the molecule is Cc1ccc(Cl)c(OCCNC(=O)NCc2ccccc2C)c1. The van der Waals surface area contributed by atoms with E-state index in [1.807, 2.05) is 50.2 Å². The third-order valence-electron chi connectivity index (χ3n) is 3.43. The zero-order valence-corrected chi connectivity index (χ0v) is 14.1. The van der Waals surface area contributed by atoms with Crippen LogP contribution >= 0.6 is 11.6 Å². The number of rotatable bonds is 6. The first-order chi connectivity index (χ1) is 11.1. The summed E-state index contributed by atoms with van der Waals surface area (Å²) in [4.78, 5) is 11.8. The number of aryl methyl sites for hydroxylation is 2. The molecule has 0 unspecified atom stereocenters. The predicted octanol–water partition coefficient (Wildman–Crippen LogP) is 3.84. The number of hydrogen-bond acceptors (Lipinski definition) is 2. The molecule has 4 nitrogen and oxygen atoms in total. The predicted molar refractivity (Wildman–Crippen MR) is 93.1 cm³/mol. The fourth-order valence-electron chi connectivity index (χ4n) is 2.09. The number of hydrogen-bond donors (Lipinski definition) is 2. The molecule has 0 aromatic heterocycles. The number of carbonyl (C=O) groups is 1. The standard InChI is InChI=1S/C18H21ClN2O2/c1-13-7-8-16(19)17(11-13)23-10-9-20-18(22)21-12-15-6-4-3-5-14(15)2/h3-8,11H,9-10,12H2,1-2H3,(H2,20,21,22). The highest BCUT2D eigenvalue weighted by Gasteiger charge is 2.04. The molecule has 2 aromatic carbocycles. The lowest BCUT2D eigenvalue weighted by Crippen LogP contribution is -2.37. The van der Waals surface area contributed by atoms with E-state index in [9.17, 15) is 4.79 Å². The molecule has 0 heterocycles. The van der Waals surface area contributed by atoms with Gasteiger partial charge in [0.25, 0.3) is 0 Å². The number of amides is 2. The first kappa shape index (κ1) is 17.2. The maximum absolute atomic E-state index is 11.8. The van der Waals surface area contributed by atoms with Crippen molar-refractivity contribution in [3.63, 3.8) is 0 Å². The van der Waals surface area contributed by atoms with Crippen LogP contribution in [0.5, 0.6) is 5.75 Å². The summed E-state index contributed by atoms with van der Waals surface area (Å²) < 4.78 is 5.58. The Morgan fingerprint density at radius 1 is 1.13 bits per heavy atom. The van der Waals surface area contributed by atoms with Gasteiger partial charge in [0.2, 0.25) is 0 Å². The Labute approximate surface area is 141 Å².